The summed E-state index contributed by atoms with van der Waals surface area (Å²) in [6.07, 6.45) is 0. The van der Waals surface area contributed by atoms with Gasteiger partial charge in [-0.1, -0.05) is 37.3 Å². The molecule has 20 heavy (non-hydrogen) atoms. The van der Waals surface area contributed by atoms with Crippen LogP contribution in [0.2, 0.25) is 0 Å². The van der Waals surface area contributed by atoms with Gasteiger partial charge < -0.3 is 10.1 Å². The van der Waals surface area contributed by atoms with Crippen LogP contribution in [0.15, 0.2) is 42.5 Å². The van der Waals surface area contributed by atoms with Gasteiger partial charge in [-0.2, -0.15) is 0 Å². The minimum absolute atomic E-state index is 0.614. The summed E-state index contributed by atoms with van der Waals surface area (Å²) < 4.78 is 5.87. The number of nitrogens with one attached hydrogen (secondary N) is 1. The van der Waals surface area contributed by atoms with Gasteiger partial charge in [-0.3, -0.25) is 0 Å². The Balaban J connectivity index is 1.97. The maximum absolute atomic E-state index is 5.87. The van der Waals surface area contributed by atoms with Crippen molar-refractivity contribution in [2.45, 2.75) is 33.9 Å². The van der Waals surface area contributed by atoms with E-state index >= 15 is 0 Å². The molecule has 0 fully saturated rings. The fourth-order valence-electron chi connectivity index (χ4n) is 2.07. The average molecular weight is 269 g/mol. The number of hydrogen-bond donors (Lipinski definition) is 1. The zero-order valence-electron chi connectivity index (χ0n) is 12.6. The van der Waals surface area contributed by atoms with Crippen molar-refractivity contribution < 1.29 is 4.74 Å². The first kappa shape index (κ1) is 14.6. The number of rotatable bonds is 6. The minimum Gasteiger partial charge on any atom is -0.489 e. The lowest BCUT2D eigenvalue weighted by atomic mass is 10.1. The van der Waals surface area contributed by atoms with Crippen molar-refractivity contribution in [2.24, 2.45) is 0 Å². The molecule has 0 spiro atoms. The van der Waals surface area contributed by atoms with Gasteiger partial charge in [-0.15, -0.1) is 0 Å². The molecule has 1 N–H and O–H groups in total. The van der Waals surface area contributed by atoms with Gasteiger partial charge in [0.05, 0.1) is 0 Å². The van der Waals surface area contributed by atoms with Crippen LogP contribution in [0.5, 0.6) is 5.75 Å². The lowest BCUT2D eigenvalue weighted by Gasteiger charge is -2.10. The van der Waals surface area contributed by atoms with Crippen molar-refractivity contribution in [3.63, 3.8) is 0 Å². The second-order valence-electron chi connectivity index (χ2n) is 5.14. The molecule has 0 atom stereocenters. The van der Waals surface area contributed by atoms with Crippen molar-refractivity contribution in [3.05, 3.63) is 64.7 Å². The summed E-state index contributed by atoms with van der Waals surface area (Å²) in [7, 11) is 0. The highest BCUT2D eigenvalue weighted by Gasteiger charge is 2.00. The molecule has 0 aliphatic rings. The van der Waals surface area contributed by atoms with Crippen LogP contribution in [0.25, 0.3) is 0 Å². The molecule has 0 radical (unpaired) electrons. The third-order valence-electron chi connectivity index (χ3n) is 3.45. The molecular weight excluding hydrogens is 246 g/mol. The quantitative estimate of drug-likeness (QED) is 0.856. The first-order valence-corrected chi connectivity index (χ1v) is 7.17. The zero-order chi connectivity index (χ0) is 14.4. The Morgan fingerprint density at radius 1 is 0.950 bits per heavy atom. The molecule has 0 unspecified atom stereocenters. The van der Waals surface area contributed by atoms with E-state index in [0.29, 0.717) is 6.61 Å². The summed E-state index contributed by atoms with van der Waals surface area (Å²) in [5.74, 6) is 0.935. The van der Waals surface area contributed by atoms with Gasteiger partial charge in [-0.05, 0) is 54.8 Å². The van der Waals surface area contributed by atoms with Gasteiger partial charge in [0.2, 0.25) is 0 Å². The Kier molecular flexibility index (Phi) is 5.19. The predicted octanol–water partition coefficient (Wildman–Crippen LogP) is 3.99. The van der Waals surface area contributed by atoms with E-state index in [1.54, 1.807) is 0 Å². The van der Waals surface area contributed by atoms with Crippen LogP contribution in [-0.4, -0.2) is 6.54 Å². The molecule has 0 bridgehead atoms. The molecule has 2 heteroatoms. The predicted molar refractivity (Wildman–Crippen MR) is 84.1 cm³/mol. The number of aryl methyl sites for hydroxylation is 2. The summed E-state index contributed by atoms with van der Waals surface area (Å²) in [4.78, 5) is 0. The highest BCUT2D eigenvalue weighted by atomic mass is 16.5. The Morgan fingerprint density at radius 3 is 2.50 bits per heavy atom. The largest absolute Gasteiger partial charge is 0.489 e. The third kappa shape index (κ3) is 4.10. The third-order valence-corrected chi connectivity index (χ3v) is 3.45. The van der Waals surface area contributed by atoms with E-state index in [0.717, 1.165) is 18.8 Å². The first-order valence-electron chi connectivity index (χ1n) is 7.17. The van der Waals surface area contributed by atoms with E-state index in [9.17, 15) is 0 Å². The minimum atomic E-state index is 0.614. The van der Waals surface area contributed by atoms with Crippen LogP contribution < -0.4 is 10.1 Å². The summed E-state index contributed by atoms with van der Waals surface area (Å²) >= 11 is 0. The molecule has 0 heterocycles. The average Bonchev–Trinajstić information content (AvgIpc) is 2.47. The lowest BCUT2D eigenvalue weighted by Crippen LogP contribution is -2.11. The molecule has 0 saturated heterocycles. The van der Waals surface area contributed by atoms with E-state index in [1.807, 2.05) is 6.07 Å². The normalized spacial score (nSPS) is 10.6. The Labute approximate surface area is 121 Å². The second-order valence-corrected chi connectivity index (χ2v) is 5.14. The highest BCUT2D eigenvalue weighted by Crippen LogP contribution is 2.18. The number of hydrogen-bond acceptors (Lipinski definition) is 2. The second kappa shape index (κ2) is 7.11. The summed E-state index contributed by atoms with van der Waals surface area (Å²) in [6.45, 7) is 8.86. The first-order chi connectivity index (χ1) is 9.69. The van der Waals surface area contributed by atoms with Crippen molar-refractivity contribution in [2.75, 3.05) is 6.54 Å². The Bertz CT molecular complexity index is 563. The van der Waals surface area contributed by atoms with Crippen LogP contribution >= 0.6 is 0 Å². The fourth-order valence-corrected chi connectivity index (χ4v) is 2.07. The standard InChI is InChI=1S/C18H23NO/c1-4-19-12-16-6-5-7-17(11-16)13-20-18-9-8-14(2)15(3)10-18/h5-11,19H,4,12-13H2,1-3H3. The van der Waals surface area contributed by atoms with Crippen LogP contribution in [0, 0.1) is 13.8 Å². The molecule has 2 aromatic carbocycles. The molecule has 0 aromatic heterocycles. The van der Waals surface area contributed by atoms with Crippen molar-refractivity contribution in [3.8, 4) is 5.75 Å². The van der Waals surface area contributed by atoms with Gasteiger partial charge in [0.25, 0.3) is 0 Å². The maximum atomic E-state index is 5.87. The van der Waals surface area contributed by atoms with Gasteiger partial charge in [0, 0.05) is 6.54 Å². The maximum Gasteiger partial charge on any atom is 0.120 e. The van der Waals surface area contributed by atoms with Crippen molar-refractivity contribution in [1.82, 2.24) is 5.32 Å². The number of ether oxygens (including phenoxy) is 1. The fraction of sp³-hybridized carbons (Fsp3) is 0.333. The van der Waals surface area contributed by atoms with E-state index < -0.39 is 0 Å². The molecule has 2 nitrogen and oxygen atoms in total. The van der Waals surface area contributed by atoms with E-state index in [-0.39, 0.29) is 0 Å². The molecule has 0 aliphatic heterocycles. The lowest BCUT2D eigenvalue weighted by molar-refractivity contribution is 0.306. The zero-order valence-corrected chi connectivity index (χ0v) is 12.6. The molecule has 2 rings (SSSR count). The van der Waals surface area contributed by atoms with Crippen LogP contribution in [0.3, 0.4) is 0 Å². The van der Waals surface area contributed by atoms with E-state index in [4.69, 9.17) is 4.74 Å². The van der Waals surface area contributed by atoms with Gasteiger partial charge in [-0.25, -0.2) is 0 Å². The van der Waals surface area contributed by atoms with Crippen molar-refractivity contribution in [1.29, 1.82) is 0 Å². The molecular formula is C18H23NO. The van der Waals surface area contributed by atoms with Crippen LogP contribution in [0.1, 0.15) is 29.2 Å². The summed E-state index contributed by atoms with van der Waals surface area (Å²) in [6, 6.07) is 14.8. The molecule has 0 amide bonds. The topological polar surface area (TPSA) is 21.3 Å². The smallest absolute Gasteiger partial charge is 0.120 e. The van der Waals surface area contributed by atoms with Crippen molar-refractivity contribution >= 4 is 0 Å². The molecule has 2 aromatic rings. The van der Waals surface area contributed by atoms with E-state index in [2.05, 4.69) is 62.5 Å². The monoisotopic (exact) mass is 269 g/mol. The van der Waals surface area contributed by atoms with Gasteiger partial charge in [0.1, 0.15) is 12.4 Å². The Hall–Kier alpha value is -1.80. The molecule has 0 aliphatic carbocycles. The highest BCUT2D eigenvalue weighted by molar-refractivity contribution is 5.34. The van der Waals surface area contributed by atoms with E-state index in [1.165, 1.54) is 22.3 Å². The van der Waals surface area contributed by atoms with Gasteiger partial charge >= 0.3 is 0 Å². The summed E-state index contributed by atoms with van der Waals surface area (Å²) in [5, 5.41) is 3.34. The van der Waals surface area contributed by atoms with Crippen LogP contribution in [-0.2, 0) is 13.2 Å². The van der Waals surface area contributed by atoms with Gasteiger partial charge in [0.15, 0.2) is 0 Å². The summed E-state index contributed by atoms with van der Waals surface area (Å²) in [5.41, 5.74) is 5.07. The number of benzene rings is 2. The van der Waals surface area contributed by atoms with Crippen LogP contribution in [0.4, 0.5) is 0 Å². The molecule has 0 saturated carbocycles. The SMILES string of the molecule is CCNCc1cccc(COc2ccc(C)c(C)c2)c1. The molecule has 106 valence electrons. The Morgan fingerprint density at radius 2 is 1.75 bits per heavy atom.